The van der Waals surface area contributed by atoms with Crippen molar-refractivity contribution in [1.29, 1.82) is 0 Å². The molecule has 1 aromatic rings. The molecule has 3 amide bonds. The van der Waals surface area contributed by atoms with Gasteiger partial charge in [0.25, 0.3) is 0 Å². The van der Waals surface area contributed by atoms with Crippen molar-refractivity contribution in [1.82, 2.24) is 10.6 Å². The summed E-state index contributed by atoms with van der Waals surface area (Å²) >= 11 is 0. The third kappa shape index (κ3) is 5.71. The highest BCUT2D eigenvalue weighted by atomic mass is 16.5. The van der Waals surface area contributed by atoms with E-state index in [4.69, 9.17) is 4.74 Å². The van der Waals surface area contributed by atoms with E-state index >= 15 is 0 Å². The Morgan fingerprint density at radius 3 is 2.75 bits per heavy atom. The van der Waals surface area contributed by atoms with E-state index in [-0.39, 0.29) is 18.0 Å². The maximum Gasteiger partial charge on any atom is 0.315 e. The fourth-order valence-corrected chi connectivity index (χ4v) is 1.69. The average Bonchev–Trinajstić information content (AvgIpc) is 2.38. The first-order valence-corrected chi connectivity index (χ1v) is 6.43. The average molecular weight is 279 g/mol. The van der Waals surface area contributed by atoms with Crippen LogP contribution >= 0.6 is 0 Å². The number of ether oxygens (including phenoxy) is 1. The molecule has 0 aliphatic heterocycles. The van der Waals surface area contributed by atoms with Gasteiger partial charge in [0, 0.05) is 26.3 Å². The molecule has 0 heterocycles. The molecule has 0 saturated heterocycles. The zero-order valence-electron chi connectivity index (χ0n) is 12.0. The minimum Gasteiger partial charge on any atom is -0.383 e. The van der Waals surface area contributed by atoms with Gasteiger partial charge < -0.3 is 20.7 Å². The number of anilines is 1. The topological polar surface area (TPSA) is 79.5 Å². The Morgan fingerprint density at radius 1 is 1.35 bits per heavy atom. The number of nitrogens with one attached hydrogen (secondary N) is 3. The first-order valence-electron chi connectivity index (χ1n) is 6.43. The molecule has 0 fully saturated rings. The Morgan fingerprint density at radius 2 is 2.10 bits per heavy atom. The lowest BCUT2D eigenvalue weighted by molar-refractivity contribution is -0.114. The zero-order chi connectivity index (χ0) is 15.0. The normalized spacial score (nSPS) is 11.6. The molecule has 1 atom stereocenters. The molecule has 0 spiro atoms. The van der Waals surface area contributed by atoms with Crippen LogP contribution in [0.25, 0.3) is 0 Å². The monoisotopic (exact) mass is 279 g/mol. The van der Waals surface area contributed by atoms with Gasteiger partial charge in [-0.25, -0.2) is 4.79 Å². The molecule has 6 nitrogen and oxygen atoms in total. The van der Waals surface area contributed by atoms with Gasteiger partial charge in [-0.2, -0.15) is 0 Å². The quantitative estimate of drug-likeness (QED) is 0.693. The summed E-state index contributed by atoms with van der Waals surface area (Å²) in [6.45, 7) is 4.27. The van der Waals surface area contributed by atoms with Crippen molar-refractivity contribution in [2.24, 2.45) is 0 Å². The molecule has 1 unspecified atom stereocenters. The molecule has 3 N–H and O–H groups in total. The predicted molar refractivity (Wildman–Crippen MR) is 77.6 cm³/mol. The fraction of sp³-hybridized carbons (Fsp3) is 0.429. The summed E-state index contributed by atoms with van der Waals surface area (Å²) in [6.07, 6.45) is 0. The largest absolute Gasteiger partial charge is 0.383 e. The Hall–Kier alpha value is -2.08. The van der Waals surface area contributed by atoms with E-state index in [1.807, 2.05) is 25.1 Å². The second-order valence-electron chi connectivity index (χ2n) is 4.42. The molecule has 1 aromatic carbocycles. The second kappa shape index (κ2) is 8.16. The fourth-order valence-electron chi connectivity index (χ4n) is 1.69. The summed E-state index contributed by atoms with van der Waals surface area (Å²) in [5, 5.41) is 8.22. The van der Waals surface area contributed by atoms with Gasteiger partial charge in [-0.1, -0.05) is 12.1 Å². The molecule has 1 rings (SSSR count). The molecule has 0 aliphatic rings. The summed E-state index contributed by atoms with van der Waals surface area (Å²) in [7, 11) is 1.58. The van der Waals surface area contributed by atoms with Gasteiger partial charge in [-0.05, 0) is 24.6 Å². The van der Waals surface area contributed by atoms with Gasteiger partial charge in [0.1, 0.15) is 0 Å². The number of amides is 3. The van der Waals surface area contributed by atoms with Crippen LogP contribution in [0.4, 0.5) is 10.5 Å². The summed E-state index contributed by atoms with van der Waals surface area (Å²) < 4.78 is 4.85. The lowest BCUT2D eigenvalue weighted by Crippen LogP contribution is -2.38. The molecular weight excluding hydrogens is 258 g/mol. The van der Waals surface area contributed by atoms with Crippen LogP contribution in [-0.2, 0) is 9.53 Å². The smallest absolute Gasteiger partial charge is 0.315 e. The zero-order valence-corrected chi connectivity index (χ0v) is 12.0. The van der Waals surface area contributed by atoms with Crippen molar-refractivity contribution in [2.75, 3.05) is 25.6 Å². The summed E-state index contributed by atoms with van der Waals surface area (Å²) in [5.41, 5.74) is 1.63. The molecule has 0 bridgehead atoms. The van der Waals surface area contributed by atoms with E-state index < -0.39 is 0 Å². The van der Waals surface area contributed by atoms with Crippen molar-refractivity contribution < 1.29 is 14.3 Å². The number of carbonyl (C=O) groups excluding carboxylic acids is 2. The van der Waals surface area contributed by atoms with Gasteiger partial charge >= 0.3 is 6.03 Å². The van der Waals surface area contributed by atoms with Gasteiger partial charge in [-0.3, -0.25) is 4.79 Å². The Kier molecular flexibility index (Phi) is 6.52. The first-order chi connectivity index (χ1) is 9.52. The maximum absolute atomic E-state index is 11.6. The van der Waals surface area contributed by atoms with E-state index in [0.717, 1.165) is 5.56 Å². The maximum atomic E-state index is 11.6. The van der Waals surface area contributed by atoms with Crippen LogP contribution in [0.15, 0.2) is 24.3 Å². The second-order valence-corrected chi connectivity index (χ2v) is 4.42. The Bertz CT molecular complexity index is 463. The highest BCUT2D eigenvalue weighted by Gasteiger charge is 2.09. The molecule has 6 heteroatoms. The number of methoxy groups -OCH3 is 1. The van der Waals surface area contributed by atoms with E-state index in [1.165, 1.54) is 6.92 Å². The third-order valence-corrected chi connectivity index (χ3v) is 2.65. The highest BCUT2D eigenvalue weighted by Crippen LogP contribution is 2.17. The Labute approximate surface area is 118 Å². The molecule has 0 radical (unpaired) electrons. The van der Waals surface area contributed by atoms with Crippen LogP contribution in [0.3, 0.4) is 0 Å². The summed E-state index contributed by atoms with van der Waals surface area (Å²) in [6, 6.07) is 6.95. The van der Waals surface area contributed by atoms with Crippen molar-refractivity contribution in [3.8, 4) is 0 Å². The standard InChI is InChI=1S/C14H21N3O3/c1-10(16-14(19)15-7-8-20-3)12-5-4-6-13(9-12)17-11(2)18/h4-6,9-10H,7-8H2,1-3H3,(H,17,18)(H2,15,16,19). The van der Waals surface area contributed by atoms with Crippen LogP contribution < -0.4 is 16.0 Å². The van der Waals surface area contributed by atoms with E-state index in [1.54, 1.807) is 13.2 Å². The van der Waals surface area contributed by atoms with E-state index in [9.17, 15) is 9.59 Å². The lowest BCUT2D eigenvalue weighted by Gasteiger charge is -2.16. The van der Waals surface area contributed by atoms with Crippen LogP contribution in [-0.4, -0.2) is 32.2 Å². The number of hydrogen-bond donors (Lipinski definition) is 3. The molecule has 0 aliphatic carbocycles. The Balaban J connectivity index is 2.56. The minimum absolute atomic E-state index is 0.125. The van der Waals surface area contributed by atoms with Gasteiger partial charge in [0.15, 0.2) is 0 Å². The van der Waals surface area contributed by atoms with Crippen molar-refractivity contribution >= 4 is 17.6 Å². The number of rotatable bonds is 6. The van der Waals surface area contributed by atoms with Crippen molar-refractivity contribution in [3.63, 3.8) is 0 Å². The van der Waals surface area contributed by atoms with Crippen LogP contribution in [0.1, 0.15) is 25.5 Å². The minimum atomic E-state index is -0.250. The van der Waals surface area contributed by atoms with Gasteiger partial charge in [0.2, 0.25) is 5.91 Å². The molecule has 0 aromatic heterocycles. The lowest BCUT2D eigenvalue weighted by atomic mass is 10.1. The number of carbonyl (C=O) groups is 2. The first kappa shape index (κ1) is 16.0. The SMILES string of the molecule is COCCNC(=O)NC(C)c1cccc(NC(C)=O)c1. The summed E-state index contributed by atoms with van der Waals surface area (Å²) in [5.74, 6) is -0.125. The number of benzene rings is 1. The third-order valence-electron chi connectivity index (χ3n) is 2.65. The van der Waals surface area contributed by atoms with Gasteiger partial charge in [0.05, 0.1) is 12.6 Å². The van der Waals surface area contributed by atoms with E-state index in [2.05, 4.69) is 16.0 Å². The highest BCUT2D eigenvalue weighted by molar-refractivity contribution is 5.88. The number of hydrogen-bond acceptors (Lipinski definition) is 3. The van der Waals surface area contributed by atoms with Gasteiger partial charge in [-0.15, -0.1) is 0 Å². The van der Waals surface area contributed by atoms with Crippen molar-refractivity contribution in [3.05, 3.63) is 29.8 Å². The molecule has 0 saturated carbocycles. The molecular formula is C14H21N3O3. The van der Waals surface area contributed by atoms with E-state index in [0.29, 0.717) is 18.8 Å². The molecule has 20 heavy (non-hydrogen) atoms. The number of urea groups is 1. The van der Waals surface area contributed by atoms with Crippen LogP contribution in [0.2, 0.25) is 0 Å². The van der Waals surface area contributed by atoms with Crippen molar-refractivity contribution in [2.45, 2.75) is 19.9 Å². The predicted octanol–water partition coefficient (Wildman–Crippen LogP) is 1.65. The molecule has 110 valence electrons. The van der Waals surface area contributed by atoms with Crippen LogP contribution in [0, 0.1) is 0 Å². The summed E-state index contributed by atoms with van der Waals surface area (Å²) in [4.78, 5) is 22.6. The van der Waals surface area contributed by atoms with Crippen LogP contribution in [0.5, 0.6) is 0 Å².